The summed E-state index contributed by atoms with van der Waals surface area (Å²) in [6.45, 7) is 7.44. The molecular weight excluding hydrogens is 473 g/mol. The van der Waals surface area contributed by atoms with Crippen molar-refractivity contribution in [3.63, 3.8) is 0 Å². The van der Waals surface area contributed by atoms with Crippen molar-refractivity contribution in [2.45, 2.75) is 65.0 Å². The maximum atomic E-state index is 13.4. The minimum absolute atomic E-state index is 0.0560. The number of aliphatic carboxylic acids is 1. The van der Waals surface area contributed by atoms with E-state index in [0.29, 0.717) is 29.8 Å². The number of amidine groups is 1. The van der Waals surface area contributed by atoms with Crippen LogP contribution in [0.1, 0.15) is 74.8 Å². The van der Waals surface area contributed by atoms with E-state index < -0.39 is 5.97 Å². The molecule has 1 heterocycles. The van der Waals surface area contributed by atoms with Crippen LogP contribution in [0.3, 0.4) is 0 Å². The minimum Gasteiger partial charge on any atom is -0.481 e. The van der Waals surface area contributed by atoms with Gasteiger partial charge in [-0.15, -0.1) is 0 Å². The number of rotatable bonds is 7. The molecule has 1 atom stereocenters. The average Bonchev–Trinajstić information content (AvgIpc) is 3.28. The van der Waals surface area contributed by atoms with E-state index in [0.717, 1.165) is 31.2 Å². The van der Waals surface area contributed by atoms with Crippen LogP contribution >= 0.6 is 0 Å². The second kappa shape index (κ2) is 11.3. The van der Waals surface area contributed by atoms with Crippen molar-refractivity contribution >= 4 is 23.6 Å². The van der Waals surface area contributed by atoms with E-state index >= 15 is 0 Å². The smallest absolute Gasteiger partial charge is 0.305 e. The molecule has 4 rings (SSSR count). The number of halogens is 1. The Balaban J connectivity index is 1.54. The Hall–Kier alpha value is -3.42. The predicted octanol–water partition coefficient (Wildman–Crippen LogP) is 5.70. The van der Waals surface area contributed by atoms with Crippen LogP contribution in [-0.4, -0.2) is 47.1 Å². The van der Waals surface area contributed by atoms with Crippen LogP contribution in [0.15, 0.2) is 53.5 Å². The zero-order valence-electron chi connectivity index (χ0n) is 21.7. The summed E-state index contributed by atoms with van der Waals surface area (Å²) in [4.78, 5) is 30.1. The fraction of sp³-hybridized carbons (Fsp3) is 0.483. The molecule has 1 saturated heterocycles. The molecule has 2 aromatic rings. The van der Waals surface area contributed by atoms with Gasteiger partial charge >= 0.3 is 5.97 Å². The highest BCUT2D eigenvalue weighted by molar-refractivity contribution is 5.94. The third-order valence-electron chi connectivity index (χ3n) is 7.48. The van der Waals surface area contributed by atoms with Gasteiger partial charge in [-0.3, -0.25) is 9.59 Å². The number of nitrogens with one attached hydrogen (secondary N) is 1. The fourth-order valence-electron chi connectivity index (χ4n) is 5.29. The van der Waals surface area contributed by atoms with Gasteiger partial charge in [0.05, 0.1) is 18.2 Å². The van der Waals surface area contributed by atoms with E-state index in [2.05, 4.69) is 31.0 Å². The van der Waals surface area contributed by atoms with Crippen LogP contribution < -0.4 is 5.32 Å². The topological polar surface area (TPSA) is 91.2 Å². The number of carbonyl (C=O) groups excluding carboxylic acids is 1. The minimum atomic E-state index is -0.952. The van der Waals surface area contributed by atoms with E-state index in [1.807, 2.05) is 12.1 Å². The van der Waals surface area contributed by atoms with E-state index in [4.69, 9.17) is 14.8 Å². The molecule has 1 aliphatic heterocycles. The summed E-state index contributed by atoms with van der Waals surface area (Å²) in [6, 6.07) is 14.2. The summed E-state index contributed by atoms with van der Waals surface area (Å²) in [6.07, 6.45) is 4.22. The standard InChI is InChI=1S/C29H36FN3O4/c1-29(2,3)21-8-14-24(15-9-21)33-25(18-37-28(33)32-23-12-10-22(30)11-13-23)19-4-6-20(7-5-19)27(36)31-17-16-26(34)35/h4-7,10-13,21,24-25H,8-9,14-18H2,1-3H3,(H,31,36)(H,34,35). The zero-order valence-corrected chi connectivity index (χ0v) is 21.7. The molecule has 198 valence electrons. The Morgan fingerprint density at radius 1 is 1.05 bits per heavy atom. The molecule has 1 aliphatic carbocycles. The first kappa shape index (κ1) is 26.6. The zero-order chi connectivity index (χ0) is 26.6. The van der Waals surface area contributed by atoms with Crippen LogP contribution in [0.5, 0.6) is 0 Å². The second-order valence-electron chi connectivity index (χ2n) is 11.0. The van der Waals surface area contributed by atoms with E-state index in [-0.39, 0.29) is 42.2 Å². The molecule has 2 fully saturated rings. The van der Waals surface area contributed by atoms with Gasteiger partial charge in [-0.1, -0.05) is 32.9 Å². The molecule has 0 bridgehead atoms. The molecule has 0 radical (unpaired) electrons. The number of carbonyl (C=O) groups is 2. The molecule has 37 heavy (non-hydrogen) atoms. The van der Waals surface area contributed by atoms with Crippen LogP contribution in [0.4, 0.5) is 10.1 Å². The van der Waals surface area contributed by atoms with Crippen LogP contribution in [0.2, 0.25) is 0 Å². The van der Waals surface area contributed by atoms with Crippen molar-refractivity contribution in [2.75, 3.05) is 13.2 Å². The van der Waals surface area contributed by atoms with Crippen molar-refractivity contribution in [1.82, 2.24) is 10.2 Å². The van der Waals surface area contributed by atoms with Crippen molar-refractivity contribution in [3.8, 4) is 0 Å². The predicted molar refractivity (Wildman–Crippen MR) is 140 cm³/mol. The Morgan fingerprint density at radius 2 is 1.70 bits per heavy atom. The van der Waals surface area contributed by atoms with Gasteiger partial charge in [0.25, 0.3) is 11.9 Å². The van der Waals surface area contributed by atoms with Gasteiger partial charge in [-0.05, 0) is 79.0 Å². The third-order valence-corrected chi connectivity index (χ3v) is 7.48. The van der Waals surface area contributed by atoms with Gasteiger partial charge in [0.15, 0.2) is 0 Å². The van der Waals surface area contributed by atoms with Crippen LogP contribution in [0, 0.1) is 17.2 Å². The van der Waals surface area contributed by atoms with Crippen molar-refractivity contribution in [3.05, 3.63) is 65.5 Å². The summed E-state index contributed by atoms with van der Waals surface area (Å²) in [5, 5.41) is 11.4. The quantitative estimate of drug-likeness (QED) is 0.500. The van der Waals surface area contributed by atoms with Gasteiger partial charge in [0.1, 0.15) is 12.4 Å². The van der Waals surface area contributed by atoms with Crippen molar-refractivity contribution in [2.24, 2.45) is 16.3 Å². The Labute approximate surface area is 217 Å². The summed E-state index contributed by atoms with van der Waals surface area (Å²) in [5.74, 6) is -0.890. The number of aliphatic imine (C=N–C) groups is 1. The largest absolute Gasteiger partial charge is 0.481 e. The summed E-state index contributed by atoms with van der Waals surface area (Å²) >= 11 is 0. The van der Waals surface area contributed by atoms with Gasteiger partial charge < -0.3 is 20.1 Å². The van der Waals surface area contributed by atoms with Crippen molar-refractivity contribution in [1.29, 1.82) is 0 Å². The highest BCUT2D eigenvalue weighted by Gasteiger charge is 2.40. The lowest BCUT2D eigenvalue weighted by atomic mass is 9.71. The van der Waals surface area contributed by atoms with E-state index in [1.54, 1.807) is 24.3 Å². The Bertz CT molecular complexity index is 1120. The van der Waals surface area contributed by atoms with Gasteiger partial charge in [0, 0.05) is 18.2 Å². The number of nitrogens with zero attached hydrogens (tertiary/aromatic N) is 2. The fourth-order valence-corrected chi connectivity index (χ4v) is 5.29. The van der Waals surface area contributed by atoms with E-state index in [9.17, 15) is 14.0 Å². The molecule has 1 saturated carbocycles. The highest BCUT2D eigenvalue weighted by Crippen LogP contribution is 2.42. The second-order valence-corrected chi connectivity index (χ2v) is 11.0. The monoisotopic (exact) mass is 509 g/mol. The first-order chi connectivity index (χ1) is 17.6. The third kappa shape index (κ3) is 6.67. The summed E-state index contributed by atoms with van der Waals surface area (Å²) < 4.78 is 19.5. The summed E-state index contributed by atoms with van der Waals surface area (Å²) in [5.41, 5.74) is 2.41. The average molecular weight is 510 g/mol. The Morgan fingerprint density at radius 3 is 2.30 bits per heavy atom. The maximum Gasteiger partial charge on any atom is 0.305 e. The molecule has 2 aliphatic rings. The molecular formula is C29H36FN3O4. The Kier molecular flexibility index (Phi) is 8.15. The van der Waals surface area contributed by atoms with Gasteiger partial charge in [-0.2, -0.15) is 4.99 Å². The van der Waals surface area contributed by atoms with Crippen LogP contribution in [-0.2, 0) is 9.53 Å². The molecule has 1 amide bonds. The first-order valence-electron chi connectivity index (χ1n) is 13.0. The van der Waals surface area contributed by atoms with Crippen LogP contribution in [0.25, 0.3) is 0 Å². The number of hydrogen-bond acceptors (Lipinski definition) is 4. The number of carboxylic acid groups (broad SMARTS) is 1. The maximum absolute atomic E-state index is 13.4. The van der Waals surface area contributed by atoms with Crippen molar-refractivity contribution < 1.29 is 23.8 Å². The lowest BCUT2D eigenvalue weighted by Crippen LogP contribution is -2.42. The molecule has 0 spiro atoms. The normalized spacial score (nSPS) is 23.1. The molecule has 7 nitrogen and oxygen atoms in total. The molecule has 2 N–H and O–H groups in total. The molecule has 0 aromatic heterocycles. The highest BCUT2D eigenvalue weighted by atomic mass is 19.1. The van der Waals surface area contributed by atoms with Gasteiger partial charge in [-0.25, -0.2) is 4.39 Å². The first-order valence-corrected chi connectivity index (χ1v) is 13.0. The molecule has 1 unspecified atom stereocenters. The SMILES string of the molecule is CC(C)(C)C1CCC(N2C(=Nc3ccc(F)cc3)OCC2c2ccc(C(=O)NCCC(=O)O)cc2)CC1. The molecule has 2 aromatic carbocycles. The number of carboxylic acids is 1. The number of ether oxygens (including phenoxy) is 1. The number of amides is 1. The number of hydrogen-bond donors (Lipinski definition) is 2. The summed E-state index contributed by atoms with van der Waals surface area (Å²) in [7, 11) is 0. The lowest BCUT2D eigenvalue weighted by molar-refractivity contribution is -0.136. The van der Waals surface area contributed by atoms with Gasteiger partial charge in [0.2, 0.25) is 0 Å². The molecule has 8 heteroatoms. The lowest BCUT2D eigenvalue weighted by Gasteiger charge is -2.41. The number of benzene rings is 2. The van der Waals surface area contributed by atoms with E-state index in [1.165, 1.54) is 12.1 Å².